The second kappa shape index (κ2) is 13.1. The van der Waals surface area contributed by atoms with Gasteiger partial charge in [0.1, 0.15) is 0 Å². The third-order valence-corrected chi connectivity index (χ3v) is 3.43. The Morgan fingerprint density at radius 1 is 0.783 bits per heavy atom. The Balaban J connectivity index is 5.25. The number of rotatable bonds is 12. The van der Waals surface area contributed by atoms with E-state index in [4.69, 9.17) is 9.47 Å². The molecule has 0 N–H and O–H groups in total. The fourth-order valence-corrected chi connectivity index (χ4v) is 2.16. The highest BCUT2D eigenvalue weighted by Crippen LogP contribution is 2.22. The number of carbonyl (C=O) groups excluding carboxylic acids is 2. The monoisotopic (exact) mass is 326 g/mol. The summed E-state index contributed by atoms with van der Waals surface area (Å²) in [6, 6.07) is 0. The summed E-state index contributed by atoms with van der Waals surface area (Å²) in [5, 5.41) is 0. The highest BCUT2D eigenvalue weighted by atomic mass is 16.5. The number of carbonyl (C=O) groups is 2. The molecular formula is C19H34O4. The van der Waals surface area contributed by atoms with Gasteiger partial charge in [0.25, 0.3) is 0 Å². The molecule has 4 heteroatoms. The fourth-order valence-electron chi connectivity index (χ4n) is 2.16. The maximum atomic E-state index is 12.4. The van der Waals surface area contributed by atoms with Crippen LogP contribution < -0.4 is 0 Å². The first-order valence-electron chi connectivity index (χ1n) is 9.04. The van der Waals surface area contributed by atoms with Gasteiger partial charge < -0.3 is 9.47 Å². The Morgan fingerprint density at radius 2 is 1.26 bits per heavy atom. The van der Waals surface area contributed by atoms with Crippen LogP contribution in [-0.2, 0) is 19.1 Å². The van der Waals surface area contributed by atoms with E-state index in [-0.39, 0.29) is 17.9 Å². The molecule has 0 radical (unpaired) electrons. The normalized spacial score (nSPS) is 12.1. The zero-order chi connectivity index (χ0) is 17.7. The molecule has 23 heavy (non-hydrogen) atoms. The number of unbranched alkanes of at least 4 members (excludes halogenated alkanes) is 2. The first-order chi connectivity index (χ1) is 11.0. The maximum Gasteiger partial charge on any atom is 0.334 e. The standard InChI is InChI=1S/C19H34O4/c1-6-9-12-22-18(20)16(11-8-3)17(14-15(4)5)19(21)23-13-10-7-2/h15H,6-14H2,1-5H3. The summed E-state index contributed by atoms with van der Waals surface area (Å²) in [6.07, 6.45) is 5.51. The van der Waals surface area contributed by atoms with Crippen LogP contribution in [-0.4, -0.2) is 25.2 Å². The van der Waals surface area contributed by atoms with Gasteiger partial charge in [-0.25, -0.2) is 9.59 Å². The van der Waals surface area contributed by atoms with Gasteiger partial charge in [-0.15, -0.1) is 0 Å². The lowest BCUT2D eigenvalue weighted by molar-refractivity contribution is -0.142. The molecule has 0 rings (SSSR count). The van der Waals surface area contributed by atoms with Crippen LogP contribution in [0.3, 0.4) is 0 Å². The molecule has 4 nitrogen and oxygen atoms in total. The molecule has 0 aliphatic rings. The van der Waals surface area contributed by atoms with Gasteiger partial charge in [0.15, 0.2) is 0 Å². The molecule has 0 saturated heterocycles. The van der Waals surface area contributed by atoms with E-state index in [1.807, 2.05) is 34.6 Å². The van der Waals surface area contributed by atoms with Crippen molar-refractivity contribution in [1.29, 1.82) is 0 Å². The molecule has 0 spiro atoms. The average Bonchev–Trinajstić information content (AvgIpc) is 2.50. The van der Waals surface area contributed by atoms with Gasteiger partial charge in [-0.2, -0.15) is 0 Å². The van der Waals surface area contributed by atoms with Gasteiger partial charge >= 0.3 is 11.9 Å². The smallest absolute Gasteiger partial charge is 0.334 e. The molecule has 0 amide bonds. The average molecular weight is 326 g/mol. The predicted molar refractivity (Wildman–Crippen MR) is 93.1 cm³/mol. The highest BCUT2D eigenvalue weighted by molar-refractivity contribution is 6.00. The molecule has 0 heterocycles. The number of hydrogen-bond donors (Lipinski definition) is 0. The van der Waals surface area contributed by atoms with Crippen LogP contribution in [0.1, 0.15) is 79.6 Å². The number of esters is 2. The van der Waals surface area contributed by atoms with Crippen molar-refractivity contribution in [3.05, 3.63) is 11.1 Å². The molecule has 0 aromatic rings. The van der Waals surface area contributed by atoms with E-state index in [1.54, 1.807) is 0 Å². The van der Waals surface area contributed by atoms with E-state index in [1.165, 1.54) is 0 Å². The lowest BCUT2D eigenvalue weighted by Crippen LogP contribution is -2.19. The fraction of sp³-hybridized carbons (Fsp3) is 0.789. The Morgan fingerprint density at radius 3 is 1.65 bits per heavy atom. The van der Waals surface area contributed by atoms with Crippen molar-refractivity contribution >= 4 is 11.9 Å². The largest absolute Gasteiger partial charge is 0.462 e. The van der Waals surface area contributed by atoms with Crippen molar-refractivity contribution in [1.82, 2.24) is 0 Å². The van der Waals surface area contributed by atoms with Crippen LogP contribution in [0.2, 0.25) is 0 Å². The first-order valence-corrected chi connectivity index (χ1v) is 9.04. The Bertz CT molecular complexity index is 383. The SMILES string of the molecule is CCCCOC(=O)C(CCC)=C(CC(C)C)C(=O)OCCCC. The third-order valence-electron chi connectivity index (χ3n) is 3.43. The van der Waals surface area contributed by atoms with Crippen LogP contribution in [0.25, 0.3) is 0 Å². The molecule has 0 aromatic heterocycles. The summed E-state index contributed by atoms with van der Waals surface area (Å²) < 4.78 is 10.7. The van der Waals surface area contributed by atoms with Gasteiger partial charge in [0.05, 0.1) is 13.2 Å². The molecule has 0 aromatic carbocycles. The summed E-state index contributed by atoms with van der Waals surface area (Å²) in [5.41, 5.74) is 0.998. The van der Waals surface area contributed by atoms with Crippen molar-refractivity contribution in [3.8, 4) is 0 Å². The Hall–Kier alpha value is -1.32. The molecule has 0 aliphatic carbocycles. The van der Waals surface area contributed by atoms with Crippen LogP contribution in [0.5, 0.6) is 0 Å². The third kappa shape index (κ3) is 9.42. The summed E-state index contributed by atoms with van der Waals surface area (Å²) in [4.78, 5) is 24.8. The quantitative estimate of drug-likeness (QED) is 0.293. The lowest BCUT2D eigenvalue weighted by Gasteiger charge is -2.16. The minimum absolute atomic E-state index is 0.277. The van der Waals surface area contributed by atoms with Gasteiger partial charge in [-0.05, 0) is 31.6 Å². The molecule has 0 bridgehead atoms. The van der Waals surface area contributed by atoms with Crippen molar-refractivity contribution in [2.24, 2.45) is 5.92 Å². The molecule has 0 saturated carbocycles. The van der Waals surface area contributed by atoms with Gasteiger partial charge in [-0.1, -0.05) is 53.9 Å². The van der Waals surface area contributed by atoms with Crippen molar-refractivity contribution in [2.75, 3.05) is 13.2 Å². The summed E-state index contributed by atoms with van der Waals surface area (Å²) in [6.45, 7) is 11.0. The van der Waals surface area contributed by atoms with Crippen LogP contribution in [0.15, 0.2) is 11.1 Å². The van der Waals surface area contributed by atoms with Crippen LogP contribution >= 0.6 is 0 Å². The predicted octanol–water partition coefficient (Wildman–Crippen LogP) is 4.82. The van der Waals surface area contributed by atoms with Crippen molar-refractivity contribution in [3.63, 3.8) is 0 Å². The summed E-state index contributed by atoms with van der Waals surface area (Å²) >= 11 is 0. The first kappa shape index (κ1) is 21.7. The highest BCUT2D eigenvalue weighted by Gasteiger charge is 2.23. The van der Waals surface area contributed by atoms with Crippen LogP contribution in [0, 0.1) is 5.92 Å². The van der Waals surface area contributed by atoms with E-state index < -0.39 is 0 Å². The minimum Gasteiger partial charge on any atom is -0.462 e. The topological polar surface area (TPSA) is 52.6 Å². The van der Waals surface area contributed by atoms with E-state index >= 15 is 0 Å². The van der Waals surface area contributed by atoms with Crippen LogP contribution in [0.4, 0.5) is 0 Å². The maximum absolute atomic E-state index is 12.4. The molecular weight excluding hydrogens is 292 g/mol. The van der Waals surface area contributed by atoms with E-state index in [0.717, 1.165) is 32.1 Å². The van der Waals surface area contributed by atoms with Gasteiger partial charge in [-0.3, -0.25) is 0 Å². The Kier molecular flexibility index (Phi) is 12.4. The van der Waals surface area contributed by atoms with E-state index in [9.17, 15) is 9.59 Å². The molecule has 134 valence electrons. The molecule has 0 atom stereocenters. The lowest BCUT2D eigenvalue weighted by atomic mass is 9.95. The number of ether oxygens (including phenoxy) is 2. The van der Waals surface area contributed by atoms with Crippen molar-refractivity contribution in [2.45, 2.75) is 79.6 Å². The van der Waals surface area contributed by atoms with Gasteiger partial charge in [0.2, 0.25) is 0 Å². The summed E-state index contributed by atoms with van der Waals surface area (Å²) in [7, 11) is 0. The zero-order valence-electron chi connectivity index (χ0n) is 15.6. The van der Waals surface area contributed by atoms with Crippen molar-refractivity contribution < 1.29 is 19.1 Å². The zero-order valence-corrected chi connectivity index (χ0v) is 15.6. The van der Waals surface area contributed by atoms with Gasteiger partial charge in [0, 0.05) is 11.1 Å². The molecule has 0 fully saturated rings. The van der Waals surface area contributed by atoms with E-state index in [0.29, 0.717) is 37.2 Å². The second-order valence-corrected chi connectivity index (χ2v) is 6.28. The second-order valence-electron chi connectivity index (χ2n) is 6.28. The Labute approximate surface area is 141 Å². The molecule has 0 unspecified atom stereocenters. The number of hydrogen-bond acceptors (Lipinski definition) is 4. The summed E-state index contributed by atoms with van der Waals surface area (Å²) in [5.74, 6) is -0.439. The molecule has 0 aliphatic heterocycles. The van der Waals surface area contributed by atoms with E-state index in [2.05, 4.69) is 0 Å². The minimum atomic E-state index is -0.358.